The molecular formula is C13H11BrF2O. The highest BCUT2D eigenvalue weighted by Gasteiger charge is 2.21. The van der Waals surface area contributed by atoms with Crippen LogP contribution >= 0.6 is 15.9 Å². The highest BCUT2D eigenvalue weighted by molar-refractivity contribution is 9.09. The van der Waals surface area contributed by atoms with E-state index in [2.05, 4.69) is 15.9 Å². The van der Waals surface area contributed by atoms with Crippen LogP contribution in [0.15, 0.2) is 36.4 Å². The minimum atomic E-state index is -2.44. The van der Waals surface area contributed by atoms with E-state index in [4.69, 9.17) is 4.74 Å². The van der Waals surface area contributed by atoms with Gasteiger partial charge in [0.1, 0.15) is 10.6 Å². The summed E-state index contributed by atoms with van der Waals surface area (Å²) in [6, 6.07) is 10.8. The molecule has 1 nitrogen and oxygen atoms in total. The zero-order valence-electron chi connectivity index (χ0n) is 9.16. The van der Waals surface area contributed by atoms with Gasteiger partial charge in [0.2, 0.25) is 0 Å². The largest absolute Gasteiger partial charge is 0.496 e. The Hall–Kier alpha value is -1.16. The van der Waals surface area contributed by atoms with E-state index in [1.165, 1.54) is 0 Å². The van der Waals surface area contributed by atoms with E-state index in [0.29, 0.717) is 11.3 Å². The van der Waals surface area contributed by atoms with Gasteiger partial charge < -0.3 is 4.74 Å². The van der Waals surface area contributed by atoms with Crippen molar-refractivity contribution in [1.82, 2.24) is 0 Å². The highest BCUT2D eigenvalue weighted by atomic mass is 79.9. The van der Waals surface area contributed by atoms with E-state index in [9.17, 15) is 8.78 Å². The summed E-state index contributed by atoms with van der Waals surface area (Å²) in [6.07, 6.45) is -2.44. The first-order valence-electron chi connectivity index (χ1n) is 5.13. The molecule has 0 N–H and O–H groups in total. The van der Waals surface area contributed by atoms with E-state index in [1.54, 1.807) is 19.2 Å². The minimum absolute atomic E-state index is 0.580. The van der Waals surface area contributed by atoms with Crippen molar-refractivity contribution in [3.8, 4) is 5.75 Å². The lowest BCUT2D eigenvalue weighted by Gasteiger charge is -2.14. The molecule has 1 atom stereocenters. The molecule has 0 aliphatic rings. The summed E-state index contributed by atoms with van der Waals surface area (Å²) in [6.45, 7) is 0. The van der Waals surface area contributed by atoms with Crippen molar-refractivity contribution in [2.75, 3.05) is 7.11 Å². The lowest BCUT2D eigenvalue weighted by atomic mass is 10.0. The monoisotopic (exact) mass is 300 g/mol. The number of methoxy groups -OCH3 is 1. The van der Waals surface area contributed by atoms with Crippen LogP contribution in [-0.4, -0.2) is 13.5 Å². The van der Waals surface area contributed by atoms with E-state index in [-0.39, 0.29) is 0 Å². The average molecular weight is 301 g/mol. The van der Waals surface area contributed by atoms with Crippen LogP contribution < -0.4 is 4.74 Å². The van der Waals surface area contributed by atoms with Gasteiger partial charge in [0.05, 0.1) is 7.11 Å². The van der Waals surface area contributed by atoms with E-state index < -0.39 is 11.3 Å². The smallest absolute Gasteiger partial charge is 0.255 e. The molecule has 1 unspecified atom stereocenters. The van der Waals surface area contributed by atoms with Gasteiger partial charge in [-0.15, -0.1) is 0 Å². The van der Waals surface area contributed by atoms with Crippen LogP contribution in [0, 0.1) is 0 Å². The number of rotatable bonds is 3. The van der Waals surface area contributed by atoms with Crippen molar-refractivity contribution in [3.63, 3.8) is 0 Å². The second-order valence-electron chi connectivity index (χ2n) is 3.64. The fourth-order valence-corrected chi connectivity index (χ4v) is 2.25. The van der Waals surface area contributed by atoms with Crippen LogP contribution in [0.25, 0.3) is 10.8 Å². The Labute approximate surface area is 107 Å². The van der Waals surface area contributed by atoms with Crippen molar-refractivity contribution in [2.45, 2.75) is 11.3 Å². The Morgan fingerprint density at radius 3 is 2.29 bits per heavy atom. The molecule has 2 rings (SSSR count). The lowest BCUT2D eigenvalue weighted by molar-refractivity contribution is 0.148. The molecular weight excluding hydrogens is 290 g/mol. The third kappa shape index (κ3) is 2.27. The van der Waals surface area contributed by atoms with Gasteiger partial charge in [0.25, 0.3) is 6.43 Å². The van der Waals surface area contributed by atoms with Crippen LogP contribution in [0.1, 0.15) is 10.4 Å². The second-order valence-corrected chi connectivity index (χ2v) is 4.63. The summed E-state index contributed by atoms with van der Waals surface area (Å²) in [5, 5.41) is 1.63. The Kier molecular flexibility index (Phi) is 3.62. The quantitative estimate of drug-likeness (QED) is 0.756. The van der Waals surface area contributed by atoms with Crippen molar-refractivity contribution < 1.29 is 13.5 Å². The van der Waals surface area contributed by atoms with E-state index in [0.717, 1.165) is 10.8 Å². The highest BCUT2D eigenvalue weighted by Crippen LogP contribution is 2.37. The van der Waals surface area contributed by atoms with Crippen LogP contribution in [0.3, 0.4) is 0 Å². The molecule has 17 heavy (non-hydrogen) atoms. The van der Waals surface area contributed by atoms with Crippen molar-refractivity contribution in [3.05, 3.63) is 42.0 Å². The minimum Gasteiger partial charge on any atom is -0.496 e. The Morgan fingerprint density at radius 2 is 1.71 bits per heavy atom. The predicted molar refractivity (Wildman–Crippen MR) is 68.2 cm³/mol. The van der Waals surface area contributed by atoms with Gasteiger partial charge in [-0.2, -0.15) is 0 Å². The number of fused-ring (bicyclic) bond motifs is 1. The van der Waals surface area contributed by atoms with Crippen LogP contribution in [0.4, 0.5) is 8.78 Å². The first-order chi connectivity index (χ1) is 8.15. The maximum Gasteiger partial charge on any atom is 0.255 e. The van der Waals surface area contributed by atoms with Gasteiger partial charge in [-0.3, -0.25) is 0 Å². The van der Waals surface area contributed by atoms with Crippen molar-refractivity contribution >= 4 is 26.7 Å². The normalized spacial score (nSPS) is 13.0. The number of ether oxygens (including phenoxy) is 1. The molecule has 2 aromatic carbocycles. The molecule has 0 fully saturated rings. The molecule has 0 aliphatic carbocycles. The third-order valence-electron chi connectivity index (χ3n) is 2.66. The van der Waals surface area contributed by atoms with Crippen molar-refractivity contribution in [1.29, 1.82) is 0 Å². The van der Waals surface area contributed by atoms with Gasteiger partial charge in [-0.05, 0) is 17.0 Å². The molecule has 0 heterocycles. The maximum atomic E-state index is 12.7. The molecule has 0 saturated heterocycles. The summed E-state index contributed by atoms with van der Waals surface area (Å²) in [5.74, 6) is 0.693. The number of hydrogen-bond donors (Lipinski definition) is 0. The molecule has 0 amide bonds. The Morgan fingerprint density at radius 1 is 1.06 bits per heavy atom. The summed E-state index contributed by atoms with van der Waals surface area (Å²) >= 11 is 3.03. The fraction of sp³-hybridized carbons (Fsp3) is 0.231. The topological polar surface area (TPSA) is 9.23 Å². The summed E-state index contributed by atoms with van der Waals surface area (Å²) in [5.41, 5.74) is 0.580. The van der Waals surface area contributed by atoms with Gasteiger partial charge in [0.15, 0.2) is 0 Å². The first-order valence-corrected chi connectivity index (χ1v) is 6.04. The molecule has 2 aromatic rings. The predicted octanol–water partition coefficient (Wildman–Crippen LogP) is 4.55. The van der Waals surface area contributed by atoms with Gasteiger partial charge in [0, 0.05) is 5.39 Å². The van der Waals surface area contributed by atoms with Gasteiger partial charge in [-0.1, -0.05) is 46.3 Å². The standard InChI is InChI=1S/C13H11BrF2O/c1-17-11-7-6-10(12(14)13(15)16)8-4-2-3-5-9(8)11/h2-7,12-13H,1H3. The van der Waals surface area contributed by atoms with Crippen LogP contribution in [0.5, 0.6) is 5.75 Å². The van der Waals surface area contributed by atoms with Gasteiger partial charge in [-0.25, -0.2) is 8.78 Å². The van der Waals surface area contributed by atoms with E-state index in [1.807, 2.05) is 24.3 Å². The van der Waals surface area contributed by atoms with E-state index >= 15 is 0 Å². The summed E-state index contributed by atoms with van der Waals surface area (Å²) in [4.78, 5) is -0.960. The Bertz CT molecular complexity index is 528. The lowest BCUT2D eigenvalue weighted by Crippen LogP contribution is -2.02. The number of halogens is 3. The number of alkyl halides is 3. The summed E-state index contributed by atoms with van der Waals surface area (Å²) in [7, 11) is 1.57. The maximum absolute atomic E-state index is 12.7. The Balaban J connectivity index is 2.66. The SMILES string of the molecule is COc1ccc(C(Br)C(F)F)c2ccccc12. The molecule has 0 aliphatic heterocycles. The van der Waals surface area contributed by atoms with Crippen LogP contribution in [0.2, 0.25) is 0 Å². The zero-order valence-corrected chi connectivity index (χ0v) is 10.7. The average Bonchev–Trinajstić information content (AvgIpc) is 2.36. The van der Waals surface area contributed by atoms with Crippen LogP contribution in [-0.2, 0) is 0 Å². The summed E-state index contributed by atoms with van der Waals surface area (Å²) < 4.78 is 30.7. The molecule has 0 bridgehead atoms. The van der Waals surface area contributed by atoms with Gasteiger partial charge >= 0.3 is 0 Å². The molecule has 0 saturated carbocycles. The zero-order chi connectivity index (χ0) is 12.4. The van der Waals surface area contributed by atoms with Crippen molar-refractivity contribution in [2.24, 2.45) is 0 Å². The second kappa shape index (κ2) is 5.00. The molecule has 0 spiro atoms. The number of benzene rings is 2. The molecule has 90 valence electrons. The molecule has 4 heteroatoms. The molecule has 0 radical (unpaired) electrons. The number of hydrogen-bond acceptors (Lipinski definition) is 1. The molecule has 0 aromatic heterocycles. The fourth-order valence-electron chi connectivity index (χ4n) is 1.85. The third-order valence-corrected chi connectivity index (χ3v) is 3.55. The first kappa shape index (κ1) is 12.3.